The molecule has 2 rings (SSSR count). The summed E-state index contributed by atoms with van der Waals surface area (Å²) in [7, 11) is 0. The van der Waals surface area contributed by atoms with Crippen molar-refractivity contribution in [2.45, 2.75) is 6.54 Å². The molecule has 0 aliphatic rings. The van der Waals surface area contributed by atoms with Crippen LogP contribution in [0.2, 0.25) is 0 Å². The van der Waals surface area contributed by atoms with Crippen molar-refractivity contribution in [1.82, 2.24) is 10.3 Å². The highest BCUT2D eigenvalue weighted by Gasteiger charge is 2.07. The molecule has 0 radical (unpaired) electrons. The molecule has 0 fully saturated rings. The molecule has 0 aliphatic carbocycles. The van der Waals surface area contributed by atoms with Crippen molar-refractivity contribution in [2.24, 2.45) is 0 Å². The van der Waals surface area contributed by atoms with Crippen molar-refractivity contribution in [3.05, 3.63) is 65.5 Å². The molecule has 1 aromatic carbocycles. The maximum atomic E-state index is 12.2. The molecule has 0 atom stereocenters. The van der Waals surface area contributed by atoms with Gasteiger partial charge in [0.25, 0.3) is 0 Å². The number of nitrogens with zero attached hydrogens (tertiary/aromatic N) is 1. The summed E-state index contributed by atoms with van der Waals surface area (Å²) in [5.74, 6) is -0.0373. The van der Waals surface area contributed by atoms with Crippen molar-refractivity contribution in [2.75, 3.05) is 13.2 Å². The Labute approximate surface area is 129 Å². The predicted molar refractivity (Wildman–Crippen MR) is 84.5 cm³/mol. The van der Waals surface area contributed by atoms with Crippen LogP contribution >= 0.6 is 0 Å². The minimum Gasteiger partial charge on any atom is -0.508 e. The Morgan fingerprint density at radius 1 is 1.27 bits per heavy atom. The number of allylic oxidation sites excluding steroid dienone is 1. The van der Waals surface area contributed by atoms with E-state index in [0.717, 1.165) is 0 Å². The summed E-state index contributed by atoms with van der Waals surface area (Å²) >= 11 is 0. The Morgan fingerprint density at radius 2 is 2.14 bits per heavy atom. The normalized spacial score (nSPS) is 11.0. The van der Waals surface area contributed by atoms with Crippen LogP contribution in [0, 0.1) is 0 Å². The molecule has 114 valence electrons. The monoisotopic (exact) mass is 298 g/mol. The van der Waals surface area contributed by atoms with Gasteiger partial charge in [-0.1, -0.05) is 6.07 Å². The smallest absolute Gasteiger partial charge is 0.185 e. The van der Waals surface area contributed by atoms with Crippen LogP contribution in [0.1, 0.15) is 21.6 Å². The van der Waals surface area contributed by atoms with Crippen molar-refractivity contribution in [1.29, 1.82) is 0 Å². The van der Waals surface area contributed by atoms with Gasteiger partial charge in [0.1, 0.15) is 5.75 Å². The lowest BCUT2D eigenvalue weighted by Crippen LogP contribution is -2.17. The van der Waals surface area contributed by atoms with E-state index in [0.29, 0.717) is 29.9 Å². The molecule has 2 aromatic rings. The number of aliphatic hydroxyl groups excluding tert-OH is 1. The number of hydrogen-bond acceptors (Lipinski definition) is 5. The second kappa shape index (κ2) is 8.07. The van der Waals surface area contributed by atoms with E-state index < -0.39 is 0 Å². The molecular weight excluding hydrogens is 280 g/mol. The summed E-state index contributed by atoms with van der Waals surface area (Å²) < 4.78 is 0. The Morgan fingerprint density at radius 3 is 2.86 bits per heavy atom. The Kier molecular flexibility index (Phi) is 5.82. The van der Waals surface area contributed by atoms with Crippen LogP contribution in [0.15, 0.2) is 48.7 Å². The van der Waals surface area contributed by atoms with Crippen LogP contribution in [0.5, 0.6) is 5.75 Å². The SMILES string of the molecule is O=C(/C=C/c1ccccn1)c1ccc(O)c(CNCCO)c1. The number of carbonyl (C=O) groups excluding carboxylic acids is 1. The van der Waals surface area contributed by atoms with Crippen molar-refractivity contribution >= 4 is 11.9 Å². The van der Waals surface area contributed by atoms with Crippen LogP contribution in [0.4, 0.5) is 0 Å². The van der Waals surface area contributed by atoms with Crippen molar-refractivity contribution < 1.29 is 15.0 Å². The van der Waals surface area contributed by atoms with Gasteiger partial charge in [-0.05, 0) is 42.5 Å². The number of hydrogen-bond donors (Lipinski definition) is 3. The third kappa shape index (κ3) is 4.51. The molecule has 5 heteroatoms. The van der Waals surface area contributed by atoms with Gasteiger partial charge in [-0.3, -0.25) is 9.78 Å². The predicted octanol–water partition coefficient (Wildman–Crippen LogP) is 1.77. The van der Waals surface area contributed by atoms with Gasteiger partial charge in [-0.15, -0.1) is 0 Å². The van der Waals surface area contributed by atoms with E-state index in [1.807, 2.05) is 18.2 Å². The van der Waals surface area contributed by atoms with Gasteiger partial charge >= 0.3 is 0 Å². The van der Waals surface area contributed by atoms with Gasteiger partial charge in [0.2, 0.25) is 0 Å². The second-order valence-corrected chi connectivity index (χ2v) is 4.70. The third-order valence-electron chi connectivity index (χ3n) is 3.06. The van der Waals surface area contributed by atoms with Gasteiger partial charge < -0.3 is 15.5 Å². The van der Waals surface area contributed by atoms with Crippen LogP contribution in [-0.2, 0) is 6.54 Å². The minimum absolute atomic E-state index is 0.0200. The van der Waals surface area contributed by atoms with Crippen LogP contribution in [0.3, 0.4) is 0 Å². The van der Waals surface area contributed by atoms with E-state index in [4.69, 9.17) is 5.11 Å². The van der Waals surface area contributed by atoms with E-state index in [1.54, 1.807) is 24.4 Å². The van der Waals surface area contributed by atoms with Gasteiger partial charge in [0.05, 0.1) is 12.3 Å². The average molecular weight is 298 g/mol. The molecule has 1 aromatic heterocycles. The van der Waals surface area contributed by atoms with Crippen LogP contribution in [0.25, 0.3) is 6.08 Å². The fraction of sp³-hybridized carbons (Fsp3) is 0.176. The zero-order chi connectivity index (χ0) is 15.8. The average Bonchev–Trinajstić information content (AvgIpc) is 2.55. The zero-order valence-electron chi connectivity index (χ0n) is 12.1. The van der Waals surface area contributed by atoms with Gasteiger partial charge in [0.15, 0.2) is 5.78 Å². The molecule has 0 amide bonds. The summed E-state index contributed by atoms with van der Waals surface area (Å²) in [5, 5.41) is 21.5. The summed E-state index contributed by atoms with van der Waals surface area (Å²) in [6, 6.07) is 10.2. The lowest BCUT2D eigenvalue weighted by molar-refractivity contribution is 0.104. The highest BCUT2D eigenvalue weighted by molar-refractivity contribution is 6.06. The maximum Gasteiger partial charge on any atom is 0.185 e. The highest BCUT2D eigenvalue weighted by Crippen LogP contribution is 2.19. The van der Waals surface area contributed by atoms with Crippen LogP contribution < -0.4 is 5.32 Å². The number of aromatic nitrogens is 1. The van der Waals surface area contributed by atoms with Gasteiger partial charge in [-0.25, -0.2) is 0 Å². The topological polar surface area (TPSA) is 82.5 Å². The first-order valence-electron chi connectivity index (χ1n) is 6.97. The molecule has 0 saturated heterocycles. The summed E-state index contributed by atoms with van der Waals surface area (Å²) in [5.41, 5.74) is 1.82. The molecule has 5 nitrogen and oxygen atoms in total. The molecule has 0 bridgehead atoms. The van der Waals surface area contributed by atoms with E-state index >= 15 is 0 Å². The maximum absolute atomic E-state index is 12.2. The molecule has 0 spiro atoms. The van der Waals surface area contributed by atoms with E-state index in [1.165, 1.54) is 12.1 Å². The number of phenolic OH excluding ortho intramolecular Hbond substituents is 1. The number of nitrogens with one attached hydrogen (secondary N) is 1. The third-order valence-corrected chi connectivity index (χ3v) is 3.06. The number of rotatable bonds is 7. The first-order valence-corrected chi connectivity index (χ1v) is 6.97. The summed E-state index contributed by atoms with van der Waals surface area (Å²) in [6.45, 7) is 0.834. The molecule has 0 aliphatic heterocycles. The second-order valence-electron chi connectivity index (χ2n) is 4.70. The van der Waals surface area contributed by atoms with Crippen LogP contribution in [-0.4, -0.2) is 34.1 Å². The van der Waals surface area contributed by atoms with Crippen molar-refractivity contribution in [3.8, 4) is 5.75 Å². The molecule has 3 N–H and O–H groups in total. The fourth-order valence-corrected chi connectivity index (χ4v) is 1.91. The number of aliphatic hydroxyl groups is 1. The lowest BCUT2D eigenvalue weighted by atomic mass is 10.1. The standard InChI is InChI=1S/C17H18N2O3/c20-10-9-18-12-14-11-13(4-6-17(14)22)16(21)7-5-15-3-1-2-8-19-15/h1-8,11,18,20,22H,9-10,12H2/b7-5+. The largest absolute Gasteiger partial charge is 0.508 e. The number of phenols is 1. The van der Waals surface area contributed by atoms with E-state index in [2.05, 4.69) is 10.3 Å². The van der Waals surface area contributed by atoms with Gasteiger partial charge in [-0.2, -0.15) is 0 Å². The Hall–Kier alpha value is -2.50. The number of pyridine rings is 1. The number of benzene rings is 1. The molecule has 1 heterocycles. The Bertz CT molecular complexity index is 654. The van der Waals surface area contributed by atoms with E-state index in [9.17, 15) is 9.90 Å². The molecular formula is C17H18N2O3. The lowest BCUT2D eigenvalue weighted by Gasteiger charge is -2.07. The van der Waals surface area contributed by atoms with Gasteiger partial charge in [0, 0.05) is 30.4 Å². The summed E-state index contributed by atoms with van der Waals surface area (Å²) in [4.78, 5) is 16.3. The highest BCUT2D eigenvalue weighted by atomic mass is 16.3. The first kappa shape index (κ1) is 15.9. The number of carbonyl (C=O) groups is 1. The Balaban J connectivity index is 2.09. The number of ketones is 1. The quantitative estimate of drug-likeness (QED) is 0.412. The number of aromatic hydroxyl groups is 1. The summed E-state index contributed by atoms with van der Waals surface area (Å²) in [6.07, 6.45) is 4.77. The molecule has 0 saturated carbocycles. The van der Waals surface area contributed by atoms with E-state index in [-0.39, 0.29) is 18.1 Å². The zero-order valence-corrected chi connectivity index (χ0v) is 12.1. The first-order chi connectivity index (χ1) is 10.7. The van der Waals surface area contributed by atoms with Crippen molar-refractivity contribution in [3.63, 3.8) is 0 Å². The molecule has 0 unspecified atom stereocenters. The fourth-order valence-electron chi connectivity index (χ4n) is 1.91. The minimum atomic E-state index is -0.158. The molecule has 22 heavy (non-hydrogen) atoms.